The number of hydrogen-bond donors (Lipinski definition) is 2. The van der Waals surface area contributed by atoms with Gasteiger partial charge in [-0.25, -0.2) is 4.98 Å². The molecule has 0 amide bonds. The van der Waals surface area contributed by atoms with Crippen molar-refractivity contribution < 1.29 is 9.94 Å². The van der Waals surface area contributed by atoms with Crippen molar-refractivity contribution in [1.29, 1.82) is 0 Å². The van der Waals surface area contributed by atoms with Crippen LogP contribution >= 0.6 is 0 Å². The minimum Gasteiger partial charge on any atom is -0.474 e. The van der Waals surface area contributed by atoms with E-state index in [-0.39, 0.29) is 11.9 Å². The van der Waals surface area contributed by atoms with Gasteiger partial charge in [-0.1, -0.05) is 18.5 Å². The van der Waals surface area contributed by atoms with Gasteiger partial charge in [0.05, 0.1) is 5.56 Å². The second-order valence-electron chi connectivity index (χ2n) is 5.66. The molecule has 0 bridgehead atoms. The maximum atomic E-state index is 8.94. The van der Waals surface area contributed by atoms with Crippen LogP contribution < -0.4 is 10.5 Å². The maximum absolute atomic E-state index is 8.94. The molecule has 1 aliphatic rings. The highest BCUT2D eigenvalue weighted by atomic mass is 16.5. The lowest BCUT2D eigenvalue weighted by atomic mass is 9.88. The fourth-order valence-electron chi connectivity index (χ4n) is 2.85. The SMILES string of the molecule is Cc1cc(C)c(/C(N)=N/O)c(OC2CCCCC2C)n1. The Hall–Kier alpha value is -1.78. The Morgan fingerprint density at radius 2 is 2.10 bits per heavy atom. The van der Waals surface area contributed by atoms with E-state index in [0.29, 0.717) is 17.4 Å². The van der Waals surface area contributed by atoms with Crippen molar-refractivity contribution in [2.24, 2.45) is 16.8 Å². The first-order valence-corrected chi connectivity index (χ1v) is 7.15. The molecule has 1 aromatic heterocycles. The Kier molecular flexibility index (Phi) is 4.47. The van der Waals surface area contributed by atoms with Crippen molar-refractivity contribution in [3.05, 3.63) is 22.9 Å². The molecule has 2 unspecified atom stereocenters. The first-order chi connectivity index (χ1) is 9.52. The van der Waals surface area contributed by atoms with E-state index in [1.54, 1.807) is 0 Å². The van der Waals surface area contributed by atoms with E-state index in [1.807, 2.05) is 19.9 Å². The third-order valence-corrected chi connectivity index (χ3v) is 3.97. The number of hydrogen-bond acceptors (Lipinski definition) is 4. The molecule has 5 heteroatoms. The zero-order chi connectivity index (χ0) is 14.7. The van der Waals surface area contributed by atoms with Crippen LogP contribution in [0.1, 0.15) is 49.4 Å². The molecule has 1 aliphatic carbocycles. The van der Waals surface area contributed by atoms with Crippen LogP contribution in [0.3, 0.4) is 0 Å². The van der Waals surface area contributed by atoms with Gasteiger partial charge in [-0.15, -0.1) is 0 Å². The van der Waals surface area contributed by atoms with E-state index in [4.69, 9.17) is 15.7 Å². The summed E-state index contributed by atoms with van der Waals surface area (Å²) in [7, 11) is 0. The molecule has 110 valence electrons. The fraction of sp³-hybridized carbons (Fsp3) is 0.600. The standard InChI is InChI=1S/C15H23N3O2/c1-9-6-4-5-7-12(9)20-15-13(14(16)18-19)10(2)8-11(3)17-15/h8-9,12,19H,4-7H2,1-3H3,(H2,16,18). The first kappa shape index (κ1) is 14.6. The highest BCUT2D eigenvalue weighted by molar-refractivity contribution is 6.00. The maximum Gasteiger partial charge on any atom is 0.225 e. The van der Waals surface area contributed by atoms with Gasteiger partial charge in [0.15, 0.2) is 5.84 Å². The van der Waals surface area contributed by atoms with Crippen molar-refractivity contribution in [3.8, 4) is 5.88 Å². The normalized spacial score (nSPS) is 23.6. The lowest BCUT2D eigenvalue weighted by molar-refractivity contribution is 0.0971. The zero-order valence-corrected chi connectivity index (χ0v) is 12.4. The second kappa shape index (κ2) is 6.11. The molecule has 0 saturated heterocycles. The molecule has 0 spiro atoms. The second-order valence-corrected chi connectivity index (χ2v) is 5.66. The van der Waals surface area contributed by atoms with E-state index in [9.17, 15) is 0 Å². The van der Waals surface area contributed by atoms with Crippen molar-refractivity contribution in [2.45, 2.75) is 52.6 Å². The molecular weight excluding hydrogens is 254 g/mol. The predicted octanol–water partition coefficient (Wildman–Crippen LogP) is 2.75. The van der Waals surface area contributed by atoms with Gasteiger partial charge < -0.3 is 15.7 Å². The summed E-state index contributed by atoms with van der Waals surface area (Å²) >= 11 is 0. The van der Waals surface area contributed by atoms with Gasteiger partial charge in [-0.05, 0) is 50.7 Å². The molecule has 1 fully saturated rings. The topological polar surface area (TPSA) is 80.7 Å². The molecule has 1 saturated carbocycles. The van der Waals surface area contributed by atoms with Gasteiger partial charge in [0, 0.05) is 5.69 Å². The van der Waals surface area contributed by atoms with Crippen molar-refractivity contribution in [3.63, 3.8) is 0 Å². The Balaban J connectivity index is 2.34. The minimum absolute atomic E-state index is 0.0495. The smallest absolute Gasteiger partial charge is 0.225 e. The third-order valence-electron chi connectivity index (χ3n) is 3.97. The summed E-state index contributed by atoms with van der Waals surface area (Å²) < 4.78 is 6.10. The number of nitrogens with two attached hydrogens (primary N) is 1. The summed E-state index contributed by atoms with van der Waals surface area (Å²) in [6.45, 7) is 6.04. The zero-order valence-electron chi connectivity index (χ0n) is 12.4. The molecule has 1 aromatic rings. The summed E-state index contributed by atoms with van der Waals surface area (Å²) in [5, 5.41) is 12.0. The summed E-state index contributed by atoms with van der Waals surface area (Å²) in [4.78, 5) is 4.44. The summed E-state index contributed by atoms with van der Waals surface area (Å²) in [6, 6.07) is 1.91. The highest BCUT2D eigenvalue weighted by Crippen LogP contribution is 2.30. The third kappa shape index (κ3) is 3.03. The molecule has 2 rings (SSSR count). The Labute approximate surface area is 119 Å². The highest BCUT2D eigenvalue weighted by Gasteiger charge is 2.25. The Bertz CT molecular complexity index is 514. The van der Waals surface area contributed by atoms with Gasteiger partial charge in [0.1, 0.15) is 6.10 Å². The lowest BCUT2D eigenvalue weighted by Gasteiger charge is -2.29. The van der Waals surface area contributed by atoms with Crippen molar-refractivity contribution in [1.82, 2.24) is 4.98 Å². The number of amidine groups is 1. The number of nitrogens with zero attached hydrogens (tertiary/aromatic N) is 2. The number of aryl methyl sites for hydroxylation is 2. The molecule has 3 N–H and O–H groups in total. The predicted molar refractivity (Wildman–Crippen MR) is 78.3 cm³/mol. The molecular formula is C15H23N3O2. The first-order valence-electron chi connectivity index (χ1n) is 7.15. The summed E-state index contributed by atoms with van der Waals surface area (Å²) in [5.41, 5.74) is 8.14. The van der Waals surface area contributed by atoms with Crippen LogP contribution in [0.2, 0.25) is 0 Å². The number of ether oxygens (including phenoxy) is 1. The molecule has 2 atom stereocenters. The quantitative estimate of drug-likeness (QED) is 0.385. The Morgan fingerprint density at radius 1 is 1.40 bits per heavy atom. The van der Waals surface area contributed by atoms with Gasteiger partial charge in [0.2, 0.25) is 5.88 Å². The van der Waals surface area contributed by atoms with Crippen LogP contribution in [0.25, 0.3) is 0 Å². The van der Waals surface area contributed by atoms with Gasteiger partial charge in [-0.2, -0.15) is 0 Å². The molecule has 0 radical (unpaired) electrons. The molecule has 0 aliphatic heterocycles. The lowest BCUT2D eigenvalue weighted by Crippen LogP contribution is -2.30. The van der Waals surface area contributed by atoms with E-state index >= 15 is 0 Å². The van der Waals surface area contributed by atoms with Crippen LogP contribution in [0.4, 0.5) is 0 Å². The van der Waals surface area contributed by atoms with Crippen molar-refractivity contribution in [2.75, 3.05) is 0 Å². The van der Waals surface area contributed by atoms with Crippen LogP contribution in [0.15, 0.2) is 11.2 Å². The molecule has 1 heterocycles. The van der Waals surface area contributed by atoms with Crippen LogP contribution in [-0.4, -0.2) is 22.1 Å². The minimum atomic E-state index is 0.0495. The number of rotatable bonds is 3. The van der Waals surface area contributed by atoms with Gasteiger partial charge >= 0.3 is 0 Å². The largest absolute Gasteiger partial charge is 0.474 e. The van der Waals surface area contributed by atoms with E-state index in [2.05, 4.69) is 17.1 Å². The summed E-state index contributed by atoms with van der Waals surface area (Å²) in [5.74, 6) is 1.04. The van der Waals surface area contributed by atoms with Gasteiger partial charge in [0.25, 0.3) is 0 Å². The van der Waals surface area contributed by atoms with E-state index in [0.717, 1.165) is 17.7 Å². The van der Waals surface area contributed by atoms with Crippen LogP contribution in [0.5, 0.6) is 5.88 Å². The van der Waals surface area contributed by atoms with Gasteiger partial charge in [-0.3, -0.25) is 0 Å². The fourth-order valence-corrected chi connectivity index (χ4v) is 2.85. The average Bonchev–Trinajstić information content (AvgIpc) is 2.40. The number of aromatic nitrogens is 1. The van der Waals surface area contributed by atoms with E-state index < -0.39 is 0 Å². The molecule has 20 heavy (non-hydrogen) atoms. The average molecular weight is 277 g/mol. The van der Waals surface area contributed by atoms with E-state index in [1.165, 1.54) is 19.3 Å². The van der Waals surface area contributed by atoms with Crippen LogP contribution in [-0.2, 0) is 0 Å². The Morgan fingerprint density at radius 3 is 2.75 bits per heavy atom. The van der Waals surface area contributed by atoms with Crippen LogP contribution in [0, 0.1) is 19.8 Å². The number of oxime groups is 1. The monoisotopic (exact) mass is 277 g/mol. The molecule has 0 aromatic carbocycles. The van der Waals surface area contributed by atoms with Crippen molar-refractivity contribution >= 4 is 5.84 Å². The summed E-state index contributed by atoms with van der Waals surface area (Å²) in [6.07, 6.45) is 4.80. The molecule has 5 nitrogen and oxygen atoms in total. The number of pyridine rings is 1.